The Morgan fingerprint density at radius 3 is 1.42 bits per heavy atom. The monoisotopic (exact) mass is 677 g/mol. The van der Waals surface area contributed by atoms with Gasteiger partial charge >= 0.3 is 0 Å². The largest absolute Gasteiger partial charge is 0.310 e. The number of fused-ring (bicyclic) bond motifs is 3. The van der Waals surface area contributed by atoms with Gasteiger partial charge in [-0.05, 0) is 127 Å². The zero-order valence-electron chi connectivity index (χ0n) is 29.8. The highest BCUT2D eigenvalue weighted by Gasteiger charge is 2.15. The highest BCUT2D eigenvalue weighted by molar-refractivity contribution is 6.03. The van der Waals surface area contributed by atoms with Crippen LogP contribution in [0.15, 0.2) is 206 Å². The maximum atomic E-state index is 2.35. The minimum atomic E-state index is 0.878. The molecule has 0 N–H and O–H groups in total. The third-order valence-corrected chi connectivity index (χ3v) is 10.5. The molecule has 0 saturated carbocycles. The van der Waals surface area contributed by atoms with E-state index in [-0.39, 0.29) is 0 Å². The highest BCUT2D eigenvalue weighted by atomic mass is 15.1. The van der Waals surface area contributed by atoms with Crippen LogP contribution >= 0.6 is 0 Å². The molecule has 9 rings (SSSR count). The van der Waals surface area contributed by atoms with Gasteiger partial charge in [0.15, 0.2) is 0 Å². The van der Waals surface area contributed by atoms with Crippen molar-refractivity contribution in [1.29, 1.82) is 0 Å². The molecule has 0 atom stereocenters. The van der Waals surface area contributed by atoms with Crippen molar-refractivity contribution in [2.24, 2.45) is 0 Å². The molecular weight excluding hydrogens is 639 g/mol. The van der Waals surface area contributed by atoms with Crippen LogP contribution in [0.4, 0.5) is 17.1 Å². The number of hydrogen-bond donors (Lipinski definition) is 0. The summed E-state index contributed by atoms with van der Waals surface area (Å²) in [5.41, 5.74) is 12.2. The van der Waals surface area contributed by atoms with Gasteiger partial charge in [-0.25, -0.2) is 0 Å². The van der Waals surface area contributed by atoms with Gasteiger partial charge in [0.25, 0.3) is 0 Å². The highest BCUT2D eigenvalue weighted by Crippen LogP contribution is 2.38. The molecule has 1 nitrogen and oxygen atoms in total. The summed E-state index contributed by atoms with van der Waals surface area (Å²) in [6.07, 6.45) is 3.15. The second-order valence-corrected chi connectivity index (χ2v) is 13.7. The van der Waals surface area contributed by atoms with Crippen LogP contribution in [-0.4, -0.2) is 0 Å². The number of anilines is 3. The van der Waals surface area contributed by atoms with Crippen molar-refractivity contribution in [3.8, 4) is 22.3 Å². The van der Waals surface area contributed by atoms with Gasteiger partial charge in [0.2, 0.25) is 0 Å². The fraction of sp³-hybridized carbons (Fsp3) is 0.0385. The molecule has 0 radical (unpaired) electrons. The van der Waals surface area contributed by atoms with Gasteiger partial charge in [-0.2, -0.15) is 0 Å². The predicted octanol–water partition coefficient (Wildman–Crippen LogP) is 14.6. The van der Waals surface area contributed by atoms with Gasteiger partial charge in [0, 0.05) is 17.1 Å². The van der Waals surface area contributed by atoms with Crippen LogP contribution in [0, 0.1) is 0 Å². The molecule has 0 heterocycles. The molecule has 0 aromatic heterocycles. The molecule has 0 aliphatic heterocycles. The molecule has 252 valence electrons. The van der Waals surface area contributed by atoms with Crippen LogP contribution in [-0.2, 0) is 6.42 Å². The van der Waals surface area contributed by atoms with Crippen molar-refractivity contribution < 1.29 is 0 Å². The van der Waals surface area contributed by atoms with E-state index < -0.39 is 0 Å². The van der Waals surface area contributed by atoms with Crippen molar-refractivity contribution in [3.05, 3.63) is 217 Å². The molecule has 0 saturated heterocycles. The van der Waals surface area contributed by atoms with Crippen molar-refractivity contribution in [2.45, 2.75) is 13.3 Å². The van der Waals surface area contributed by atoms with E-state index in [9.17, 15) is 0 Å². The molecule has 0 unspecified atom stereocenters. The van der Waals surface area contributed by atoms with E-state index in [4.69, 9.17) is 0 Å². The molecule has 0 amide bonds. The van der Waals surface area contributed by atoms with E-state index in [0.717, 1.165) is 23.5 Å². The van der Waals surface area contributed by atoms with Gasteiger partial charge in [0.1, 0.15) is 0 Å². The molecule has 53 heavy (non-hydrogen) atoms. The first-order valence-electron chi connectivity index (χ1n) is 18.4. The summed E-state index contributed by atoms with van der Waals surface area (Å²) in [7, 11) is 0. The first kappa shape index (κ1) is 32.2. The molecule has 0 aliphatic rings. The number of rotatable bonds is 8. The minimum absolute atomic E-state index is 0.878. The zero-order chi connectivity index (χ0) is 35.6. The number of benzene rings is 9. The Balaban J connectivity index is 1.02. The lowest BCUT2D eigenvalue weighted by molar-refractivity contribution is 1.29. The number of allylic oxidation sites excluding steroid dienone is 2. The van der Waals surface area contributed by atoms with E-state index in [2.05, 4.69) is 218 Å². The second-order valence-electron chi connectivity index (χ2n) is 13.7. The fourth-order valence-electron chi connectivity index (χ4n) is 7.74. The molecule has 9 aromatic carbocycles. The lowest BCUT2D eigenvalue weighted by Crippen LogP contribution is -2.09. The Labute approximate surface area is 311 Å². The first-order valence-corrected chi connectivity index (χ1v) is 18.4. The van der Waals surface area contributed by atoms with Crippen LogP contribution in [0.2, 0.25) is 0 Å². The lowest BCUT2D eigenvalue weighted by atomic mass is 9.89. The molecule has 0 fully saturated rings. The Morgan fingerprint density at radius 1 is 0.396 bits per heavy atom. The summed E-state index contributed by atoms with van der Waals surface area (Å²) in [5.74, 6) is 0. The van der Waals surface area contributed by atoms with Crippen molar-refractivity contribution in [3.63, 3.8) is 0 Å². The van der Waals surface area contributed by atoms with Crippen molar-refractivity contribution in [2.75, 3.05) is 4.90 Å². The smallest absolute Gasteiger partial charge is 0.0468 e. The summed E-state index contributed by atoms with van der Waals surface area (Å²) in [5, 5.41) is 7.69. The van der Waals surface area contributed by atoms with Crippen molar-refractivity contribution in [1.82, 2.24) is 0 Å². The zero-order valence-corrected chi connectivity index (χ0v) is 29.8. The van der Waals surface area contributed by atoms with E-state index in [1.807, 2.05) is 0 Å². The lowest BCUT2D eigenvalue weighted by Gasteiger charge is -2.26. The third-order valence-electron chi connectivity index (χ3n) is 10.5. The summed E-state index contributed by atoms with van der Waals surface area (Å²) in [6.45, 7) is 2.16. The maximum Gasteiger partial charge on any atom is 0.0468 e. The third kappa shape index (κ3) is 6.39. The summed E-state index contributed by atoms with van der Waals surface area (Å²) in [6, 6.07) is 72.6. The van der Waals surface area contributed by atoms with Crippen LogP contribution in [0.25, 0.3) is 60.1 Å². The van der Waals surface area contributed by atoms with Crippen LogP contribution in [0.5, 0.6) is 0 Å². The normalized spacial score (nSPS) is 11.7. The van der Waals surface area contributed by atoms with Gasteiger partial charge in [-0.1, -0.05) is 164 Å². The topological polar surface area (TPSA) is 3.24 Å². The summed E-state index contributed by atoms with van der Waals surface area (Å²) < 4.78 is 0. The fourth-order valence-corrected chi connectivity index (χ4v) is 7.74. The average Bonchev–Trinajstić information content (AvgIpc) is 3.23. The van der Waals surface area contributed by atoms with Crippen LogP contribution in [0.3, 0.4) is 0 Å². The Kier molecular flexibility index (Phi) is 8.60. The standard InChI is InChI=1S/C52H39N/c1-2-37(36-52-50-18-10-8-16-45(50)34-46-17-9-11-19-51(46)52)40-20-22-41(23-21-40)43-26-31-48(32-27-43)53(49-33-28-39-14-6-7-15-44(39)35-49)47-29-24-42(25-30-47)38-12-4-3-5-13-38/h2-35H,36H2,1H3/b37-2-. The molecule has 0 spiro atoms. The maximum absolute atomic E-state index is 2.35. The summed E-state index contributed by atoms with van der Waals surface area (Å²) >= 11 is 0. The van der Waals surface area contributed by atoms with Gasteiger partial charge in [0.05, 0.1) is 0 Å². The predicted molar refractivity (Wildman–Crippen MR) is 228 cm³/mol. The van der Waals surface area contributed by atoms with Crippen molar-refractivity contribution >= 4 is 55.0 Å². The Bertz CT molecular complexity index is 2670. The first-order chi connectivity index (χ1) is 26.2. The van der Waals surface area contributed by atoms with Crippen LogP contribution < -0.4 is 4.90 Å². The molecular formula is C52H39N. The molecule has 0 bridgehead atoms. The molecule has 9 aromatic rings. The Hall–Kier alpha value is -6.70. The summed E-state index contributed by atoms with van der Waals surface area (Å²) in [4.78, 5) is 2.35. The van der Waals surface area contributed by atoms with Gasteiger partial charge < -0.3 is 4.90 Å². The molecule has 1 heteroatoms. The van der Waals surface area contributed by atoms with E-state index in [1.54, 1.807) is 0 Å². The molecule has 0 aliphatic carbocycles. The second kappa shape index (κ2) is 14.1. The number of hydrogen-bond acceptors (Lipinski definition) is 1. The quantitative estimate of drug-likeness (QED) is 0.145. The van der Waals surface area contributed by atoms with E-state index >= 15 is 0 Å². The Morgan fingerprint density at radius 2 is 0.849 bits per heavy atom. The van der Waals surface area contributed by atoms with E-state index in [0.29, 0.717) is 0 Å². The van der Waals surface area contributed by atoms with Gasteiger partial charge in [-0.15, -0.1) is 0 Å². The minimum Gasteiger partial charge on any atom is -0.310 e. The van der Waals surface area contributed by atoms with Gasteiger partial charge in [-0.3, -0.25) is 0 Å². The SMILES string of the molecule is C/C=C(/Cc1c2ccccc2cc2ccccc12)c1ccc(-c2ccc(N(c3ccc(-c4ccccc4)cc3)c3ccc4ccccc4c3)cc2)cc1. The number of nitrogens with zero attached hydrogens (tertiary/aromatic N) is 1. The average molecular weight is 678 g/mol. The van der Waals surface area contributed by atoms with Crippen LogP contribution in [0.1, 0.15) is 18.1 Å². The van der Waals surface area contributed by atoms with E-state index in [1.165, 1.54) is 71.3 Å².